The third-order valence-corrected chi connectivity index (χ3v) is 4.06. The molecule has 5 heteroatoms. The Hall–Kier alpha value is -3.08. The molecule has 0 aliphatic rings. The summed E-state index contributed by atoms with van der Waals surface area (Å²) in [5, 5.41) is 10.2. The summed E-state index contributed by atoms with van der Waals surface area (Å²) in [6, 6.07) is 17.5. The Kier molecular flexibility index (Phi) is 4.84. The van der Waals surface area contributed by atoms with Crippen molar-refractivity contribution >= 4 is 11.7 Å². The van der Waals surface area contributed by atoms with Crippen molar-refractivity contribution in [2.24, 2.45) is 0 Å². The molecule has 0 bridgehead atoms. The molecular weight excluding hydrogens is 312 g/mol. The minimum absolute atomic E-state index is 0.228. The number of nitrogens with one attached hydrogen (secondary N) is 2. The third-order valence-electron chi connectivity index (χ3n) is 4.06. The number of carbonyl (C=O) groups is 1. The number of aryl methyl sites for hydroxylation is 3. The third kappa shape index (κ3) is 4.07. The highest BCUT2D eigenvalue weighted by atomic mass is 16.2. The van der Waals surface area contributed by atoms with E-state index in [1.165, 1.54) is 0 Å². The molecule has 0 saturated heterocycles. The summed E-state index contributed by atoms with van der Waals surface area (Å²) < 4.78 is 1.87. The fraction of sp³-hybridized carbons (Fsp3) is 0.200. The van der Waals surface area contributed by atoms with Crippen LogP contribution in [0, 0.1) is 20.8 Å². The van der Waals surface area contributed by atoms with Crippen LogP contribution in [0.1, 0.15) is 22.5 Å². The van der Waals surface area contributed by atoms with Crippen molar-refractivity contribution in [1.29, 1.82) is 0 Å². The summed E-state index contributed by atoms with van der Waals surface area (Å²) in [7, 11) is 0. The molecule has 0 radical (unpaired) electrons. The number of carbonyl (C=O) groups excluding carboxylic acids is 1. The molecule has 3 aromatic rings. The van der Waals surface area contributed by atoms with Crippen LogP contribution in [-0.4, -0.2) is 15.8 Å². The number of anilines is 1. The monoisotopic (exact) mass is 334 g/mol. The summed E-state index contributed by atoms with van der Waals surface area (Å²) >= 11 is 0. The number of amides is 2. The van der Waals surface area contributed by atoms with Crippen LogP contribution in [0.2, 0.25) is 0 Å². The van der Waals surface area contributed by atoms with E-state index in [1.807, 2.05) is 80.1 Å². The Morgan fingerprint density at radius 2 is 1.84 bits per heavy atom. The average molecular weight is 334 g/mol. The van der Waals surface area contributed by atoms with Crippen LogP contribution in [0.4, 0.5) is 10.5 Å². The molecular formula is C20H22N4O. The minimum atomic E-state index is -0.228. The Morgan fingerprint density at radius 1 is 1.04 bits per heavy atom. The molecule has 25 heavy (non-hydrogen) atoms. The van der Waals surface area contributed by atoms with Gasteiger partial charge in [0.05, 0.1) is 11.4 Å². The van der Waals surface area contributed by atoms with Crippen molar-refractivity contribution in [3.05, 3.63) is 77.1 Å². The number of benzene rings is 2. The summed E-state index contributed by atoms with van der Waals surface area (Å²) in [5.74, 6) is 0. The van der Waals surface area contributed by atoms with Gasteiger partial charge in [0.2, 0.25) is 0 Å². The Bertz CT molecular complexity index is 898. The van der Waals surface area contributed by atoms with E-state index in [0.29, 0.717) is 6.54 Å². The van der Waals surface area contributed by atoms with Crippen molar-refractivity contribution in [3.8, 4) is 5.69 Å². The first-order valence-corrected chi connectivity index (χ1v) is 8.26. The largest absolute Gasteiger partial charge is 0.334 e. The van der Waals surface area contributed by atoms with Crippen LogP contribution < -0.4 is 10.6 Å². The fourth-order valence-electron chi connectivity index (χ4n) is 2.76. The van der Waals surface area contributed by atoms with Crippen LogP contribution in [0.15, 0.2) is 54.6 Å². The Labute approximate surface area is 147 Å². The Morgan fingerprint density at radius 3 is 2.56 bits per heavy atom. The number of hydrogen-bond acceptors (Lipinski definition) is 2. The smallest absolute Gasteiger partial charge is 0.319 e. The van der Waals surface area contributed by atoms with Crippen LogP contribution in [0.5, 0.6) is 0 Å². The molecule has 0 unspecified atom stereocenters. The zero-order valence-corrected chi connectivity index (χ0v) is 14.7. The second kappa shape index (κ2) is 7.21. The maximum absolute atomic E-state index is 12.2. The number of nitrogens with zero attached hydrogens (tertiary/aromatic N) is 2. The van der Waals surface area contributed by atoms with Gasteiger partial charge in [0.15, 0.2) is 0 Å². The van der Waals surface area contributed by atoms with E-state index in [0.717, 1.165) is 33.9 Å². The van der Waals surface area contributed by atoms with E-state index < -0.39 is 0 Å². The maximum atomic E-state index is 12.2. The standard InChI is InChI=1S/C20H22N4O/c1-14-7-4-5-8-17(14)13-21-20(25)22-18-9-6-10-19(12-18)24-16(3)11-15(2)23-24/h4-12H,13H2,1-3H3,(H2,21,22,25). The van der Waals surface area contributed by atoms with E-state index in [-0.39, 0.29) is 6.03 Å². The van der Waals surface area contributed by atoms with Crippen molar-refractivity contribution in [2.75, 3.05) is 5.32 Å². The number of rotatable bonds is 4. The second-order valence-corrected chi connectivity index (χ2v) is 6.12. The molecule has 2 amide bonds. The van der Waals surface area contributed by atoms with Crippen LogP contribution >= 0.6 is 0 Å². The summed E-state index contributed by atoms with van der Waals surface area (Å²) in [6.07, 6.45) is 0. The van der Waals surface area contributed by atoms with Crippen LogP contribution in [-0.2, 0) is 6.54 Å². The Balaban J connectivity index is 1.67. The van der Waals surface area contributed by atoms with Crippen LogP contribution in [0.25, 0.3) is 5.69 Å². The minimum Gasteiger partial charge on any atom is -0.334 e. The number of aromatic nitrogens is 2. The number of urea groups is 1. The van der Waals surface area contributed by atoms with Crippen LogP contribution in [0.3, 0.4) is 0 Å². The first-order chi connectivity index (χ1) is 12.0. The van der Waals surface area contributed by atoms with Gasteiger partial charge in [-0.05, 0) is 56.2 Å². The van der Waals surface area contributed by atoms with Crippen molar-refractivity contribution in [2.45, 2.75) is 27.3 Å². The molecule has 0 saturated carbocycles. The van der Waals surface area contributed by atoms with Gasteiger partial charge in [-0.1, -0.05) is 30.3 Å². The lowest BCUT2D eigenvalue weighted by Crippen LogP contribution is -2.28. The van der Waals surface area contributed by atoms with Gasteiger partial charge in [-0.2, -0.15) is 5.10 Å². The van der Waals surface area contributed by atoms with Gasteiger partial charge in [0.1, 0.15) is 0 Å². The van der Waals surface area contributed by atoms with Gasteiger partial charge in [0.25, 0.3) is 0 Å². The van der Waals surface area contributed by atoms with Crippen molar-refractivity contribution in [3.63, 3.8) is 0 Å². The molecule has 0 atom stereocenters. The molecule has 128 valence electrons. The molecule has 0 fully saturated rings. The molecule has 2 N–H and O–H groups in total. The highest BCUT2D eigenvalue weighted by Gasteiger charge is 2.07. The SMILES string of the molecule is Cc1cc(C)n(-c2cccc(NC(=O)NCc3ccccc3C)c2)n1. The van der Waals surface area contributed by atoms with Crippen molar-refractivity contribution in [1.82, 2.24) is 15.1 Å². The zero-order valence-electron chi connectivity index (χ0n) is 14.7. The van der Waals surface area contributed by atoms with E-state index in [4.69, 9.17) is 0 Å². The maximum Gasteiger partial charge on any atom is 0.319 e. The second-order valence-electron chi connectivity index (χ2n) is 6.12. The topological polar surface area (TPSA) is 59.0 Å². The molecule has 2 aromatic carbocycles. The molecule has 1 heterocycles. The highest BCUT2D eigenvalue weighted by molar-refractivity contribution is 5.89. The van der Waals surface area contributed by atoms with Gasteiger partial charge in [0, 0.05) is 17.9 Å². The lowest BCUT2D eigenvalue weighted by Gasteiger charge is -2.11. The lowest BCUT2D eigenvalue weighted by molar-refractivity contribution is 0.251. The zero-order chi connectivity index (χ0) is 17.8. The average Bonchev–Trinajstić information content (AvgIpc) is 2.93. The normalized spacial score (nSPS) is 10.5. The van der Waals surface area contributed by atoms with Gasteiger partial charge in [-0.25, -0.2) is 9.48 Å². The quantitative estimate of drug-likeness (QED) is 0.754. The molecule has 1 aromatic heterocycles. The van der Waals surface area contributed by atoms with Gasteiger partial charge >= 0.3 is 6.03 Å². The molecule has 0 spiro atoms. The summed E-state index contributed by atoms with van der Waals surface area (Å²) in [4.78, 5) is 12.2. The first kappa shape index (κ1) is 16.8. The van der Waals surface area contributed by atoms with Gasteiger partial charge < -0.3 is 10.6 Å². The van der Waals surface area contributed by atoms with E-state index in [2.05, 4.69) is 15.7 Å². The number of hydrogen-bond donors (Lipinski definition) is 2. The van der Waals surface area contributed by atoms with E-state index in [9.17, 15) is 4.79 Å². The van der Waals surface area contributed by atoms with Gasteiger partial charge in [-0.15, -0.1) is 0 Å². The highest BCUT2D eigenvalue weighted by Crippen LogP contribution is 2.17. The summed E-state index contributed by atoms with van der Waals surface area (Å²) in [6.45, 7) is 6.50. The van der Waals surface area contributed by atoms with E-state index >= 15 is 0 Å². The van der Waals surface area contributed by atoms with E-state index in [1.54, 1.807) is 0 Å². The first-order valence-electron chi connectivity index (χ1n) is 8.26. The molecule has 3 rings (SSSR count). The summed E-state index contributed by atoms with van der Waals surface area (Å²) in [5.41, 5.74) is 5.93. The molecule has 0 aliphatic heterocycles. The lowest BCUT2D eigenvalue weighted by atomic mass is 10.1. The molecule has 0 aliphatic carbocycles. The fourth-order valence-corrected chi connectivity index (χ4v) is 2.76. The molecule has 5 nitrogen and oxygen atoms in total. The van der Waals surface area contributed by atoms with Crippen molar-refractivity contribution < 1.29 is 4.79 Å². The predicted octanol–water partition coefficient (Wildman–Crippen LogP) is 4.12. The van der Waals surface area contributed by atoms with Gasteiger partial charge in [-0.3, -0.25) is 0 Å². The predicted molar refractivity (Wildman–Crippen MR) is 100 cm³/mol.